The molecular formula is C11H24ClN3O. The van der Waals surface area contributed by atoms with Gasteiger partial charge in [-0.25, -0.2) is 0 Å². The molecule has 5 heteroatoms. The highest BCUT2D eigenvalue weighted by Crippen LogP contribution is 2.20. The minimum Gasteiger partial charge on any atom is -0.359 e. The summed E-state index contributed by atoms with van der Waals surface area (Å²) in [6.45, 7) is 5.19. The fraction of sp³-hybridized carbons (Fsp3) is 0.909. The van der Waals surface area contributed by atoms with Crippen molar-refractivity contribution in [1.82, 2.24) is 10.2 Å². The molecule has 1 unspecified atom stereocenters. The van der Waals surface area contributed by atoms with Crippen LogP contribution in [0.15, 0.2) is 0 Å². The van der Waals surface area contributed by atoms with Gasteiger partial charge in [0.25, 0.3) is 0 Å². The predicted molar refractivity (Wildman–Crippen MR) is 68.7 cm³/mol. The number of hydrogen-bond acceptors (Lipinski definition) is 3. The van der Waals surface area contributed by atoms with Crippen LogP contribution in [0.2, 0.25) is 0 Å². The third-order valence-corrected chi connectivity index (χ3v) is 3.01. The molecule has 96 valence electrons. The summed E-state index contributed by atoms with van der Waals surface area (Å²) in [6, 6.07) is 0.250. The number of amides is 1. The van der Waals surface area contributed by atoms with Gasteiger partial charge in [-0.15, -0.1) is 12.4 Å². The van der Waals surface area contributed by atoms with Gasteiger partial charge in [0.2, 0.25) is 5.91 Å². The standard InChI is InChI=1S/C11H23N3O.ClH/c1-9(12)8-14-5-3-10(4-6-14)7-11(15)13-2;/h9-10H,3-8,12H2,1-2H3,(H,13,15);1H. The van der Waals surface area contributed by atoms with Gasteiger partial charge in [-0.1, -0.05) is 0 Å². The van der Waals surface area contributed by atoms with Crippen LogP contribution >= 0.6 is 12.4 Å². The van der Waals surface area contributed by atoms with E-state index in [2.05, 4.69) is 10.2 Å². The van der Waals surface area contributed by atoms with Crippen LogP contribution in [0.5, 0.6) is 0 Å². The molecule has 0 radical (unpaired) electrons. The molecule has 1 fully saturated rings. The largest absolute Gasteiger partial charge is 0.359 e. The summed E-state index contributed by atoms with van der Waals surface area (Å²) in [5.74, 6) is 0.731. The third-order valence-electron chi connectivity index (χ3n) is 3.01. The Balaban J connectivity index is 0.00000225. The lowest BCUT2D eigenvalue weighted by Crippen LogP contribution is -2.41. The number of nitrogens with zero attached hydrogens (tertiary/aromatic N) is 1. The number of carbonyl (C=O) groups is 1. The Kier molecular flexibility index (Phi) is 7.72. The van der Waals surface area contributed by atoms with Gasteiger partial charge < -0.3 is 16.0 Å². The van der Waals surface area contributed by atoms with E-state index in [1.54, 1.807) is 7.05 Å². The fourth-order valence-corrected chi connectivity index (χ4v) is 2.14. The number of nitrogens with one attached hydrogen (secondary N) is 1. The van der Waals surface area contributed by atoms with Gasteiger partial charge in [0, 0.05) is 26.1 Å². The number of nitrogens with two attached hydrogens (primary N) is 1. The number of piperidine rings is 1. The summed E-state index contributed by atoms with van der Waals surface area (Å²) in [6.07, 6.45) is 2.93. The summed E-state index contributed by atoms with van der Waals surface area (Å²) in [5.41, 5.74) is 5.75. The van der Waals surface area contributed by atoms with E-state index < -0.39 is 0 Å². The second kappa shape index (κ2) is 7.87. The SMILES string of the molecule is CNC(=O)CC1CCN(CC(C)N)CC1.Cl. The summed E-state index contributed by atoms with van der Waals surface area (Å²) in [4.78, 5) is 13.6. The monoisotopic (exact) mass is 249 g/mol. The minimum atomic E-state index is 0. The van der Waals surface area contributed by atoms with Crippen molar-refractivity contribution >= 4 is 18.3 Å². The van der Waals surface area contributed by atoms with Gasteiger partial charge in [-0.3, -0.25) is 4.79 Å². The Morgan fingerprint density at radius 2 is 2.06 bits per heavy atom. The highest BCUT2D eigenvalue weighted by Gasteiger charge is 2.21. The molecule has 3 N–H and O–H groups in total. The molecule has 0 bridgehead atoms. The van der Waals surface area contributed by atoms with E-state index in [4.69, 9.17) is 5.73 Å². The summed E-state index contributed by atoms with van der Waals surface area (Å²) in [7, 11) is 1.70. The van der Waals surface area contributed by atoms with Crippen molar-refractivity contribution in [3.8, 4) is 0 Å². The Bertz CT molecular complexity index is 203. The van der Waals surface area contributed by atoms with E-state index in [1.807, 2.05) is 6.92 Å². The van der Waals surface area contributed by atoms with Gasteiger partial charge in [0.1, 0.15) is 0 Å². The highest BCUT2D eigenvalue weighted by atomic mass is 35.5. The predicted octanol–water partition coefficient (Wildman–Crippen LogP) is 0.603. The van der Waals surface area contributed by atoms with Crippen molar-refractivity contribution in [3.63, 3.8) is 0 Å². The molecule has 1 saturated heterocycles. The molecule has 1 aliphatic heterocycles. The maximum Gasteiger partial charge on any atom is 0.220 e. The van der Waals surface area contributed by atoms with Crippen molar-refractivity contribution < 1.29 is 4.79 Å². The first-order valence-corrected chi connectivity index (χ1v) is 5.80. The molecule has 1 aliphatic rings. The molecule has 16 heavy (non-hydrogen) atoms. The second-order valence-electron chi connectivity index (χ2n) is 4.60. The highest BCUT2D eigenvalue weighted by molar-refractivity contribution is 5.85. The number of hydrogen-bond donors (Lipinski definition) is 2. The van der Waals surface area contributed by atoms with E-state index in [-0.39, 0.29) is 24.4 Å². The molecule has 0 spiro atoms. The summed E-state index contributed by atoms with van der Waals surface area (Å²) in [5, 5.41) is 2.68. The number of rotatable bonds is 4. The Hall–Kier alpha value is -0.320. The smallest absolute Gasteiger partial charge is 0.220 e. The third kappa shape index (κ3) is 5.68. The maximum absolute atomic E-state index is 11.2. The van der Waals surface area contributed by atoms with Gasteiger partial charge in [-0.05, 0) is 38.8 Å². The van der Waals surface area contributed by atoms with E-state index in [1.165, 1.54) is 0 Å². The molecular weight excluding hydrogens is 226 g/mol. The minimum absolute atomic E-state index is 0. The van der Waals surface area contributed by atoms with Gasteiger partial charge in [-0.2, -0.15) is 0 Å². The topological polar surface area (TPSA) is 58.4 Å². The van der Waals surface area contributed by atoms with E-state index in [0.717, 1.165) is 32.5 Å². The molecule has 0 aromatic rings. The summed E-state index contributed by atoms with van der Waals surface area (Å²) >= 11 is 0. The van der Waals surface area contributed by atoms with Crippen LogP contribution in [-0.4, -0.2) is 43.5 Å². The first-order valence-electron chi connectivity index (χ1n) is 5.80. The zero-order chi connectivity index (χ0) is 11.3. The zero-order valence-corrected chi connectivity index (χ0v) is 11.1. The number of carbonyl (C=O) groups excluding carboxylic acids is 1. The van der Waals surface area contributed by atoms with Crippen molar-refractivity contribution in [1.29, 1.82) is 0 Å². The lowest BCUT2D eigenvalue weighted by Gasteiger charge is -2.32. The van der Waals surface area contributed by atoms with Gasteiger partial charge >= 0.3 is 0 Å². The Morgan fingerprint density at radius 3 is 2.50 bits per heavy atom. The molecule has 0 aliphatic carbocycles. The average Bonchev–Trinajstić information content (AvgIpc) is 2.20. The first-order chi connectivity index (χ1) is 7.11. The molecule has 0 aromatic heterocycles. The van der Waals surface area contributed by atoms with Crippen LogP contribution in [0.3, 0.4) is 0 Å². The van der Waals surface area contributed by atoms with Crippen LogP contribution in [0.4, 0.5) is 0 Å². The molecule has 4 nitrogen and oxygen atoms in total. The second-order valence-corrected chi connectivity index (χ2v) is 4.60. The maximum atomic E-state index is 11.2. The molecule has 0 aromatic carbocycles. The number of likely N-dealkylation sites (tertiary alicyclic amines) is 1. The molecule has 1 atom stereocenters. The van der Waals surface area contributed by atoms with Crippen molar-refractivity contribution in [3.05, 3.63) is 0 Å². The zero-order valence-electron chi connectivity index (χ0n) is 10.2. The van der Waals surface area contributed by atoms with E-state index >= 15 is 0 Å². The van der Waals surface area contributed by atoms with Crippen LogP contribution in [0.25, 0.3) is 0 Å². The average molecular weight is 250 g/mol. The van der Waals surface area contributed by atoms with Gasteiger partial charge in [0.05, 0.1) is 0 Å². The van der Waals surface area contributed by atoms with Crippen molar-refractivity contribution in [2.75, 3.05) is 26.7 Å². The fourth-order valence-electron chi connectivity index (χ4n) is 2.14. The summed E-state index contributed by atoms with van der Waals surface area (Å²) < 4.78 is 0. The van der Waals surface area contributed by atoms with Crippen LogP contribution < -0.4 is 11.1 Å². The van der Waals surface area contributed by atoms with Crippen LogP contribution in [-0.2, 0) is 4.79 Å². The number of halogens is 1. The lowest BCUT2D eigenvalue weighted by atomic mass is 9.93. The Labute approximate surface area is 104 Å². The van der Waals surface area contributed by atoms with Crippen LogP contribution in [0.1, 0.15) is 26.2 Å². The van der Waals surface area contributed by atoms with E-state index in [0.29, 0.717) is 12.3 Å². The normalized spacial score (nSPS) is 19.9. The van der Waals surface area contributed by atoms with E-state index in [9.17, 15) is 4.79 Å². The quantitative estimate of drug-likeness (QED) is 0.767. The van der Waals surface area contributed by atoms with Crippen LogP contribution in [0, 0.1) is 5.92 Å². The molecule has 1 amide bonds. The lowest BCUT2D eigenvalue weighted by molar-refractivity contribution is -0.121. The molecule has 1 rings (SSSR count). The molecule has 0 saturated carbocycles. The Morgan fingerprint density at radius 1 is 1.50 bits per heavy atom. The van der Waals surface area contributed by atoms with Gasteiger partial charge in [0.15, 0.2) is 0 Å². The first kappa shape index (κ1) is 15.7. The molecule has 1 heterocycles. The van der Waals surface area contributed by atoms with Crippen molar-refractivity contribution in [2.24, 2.45) is 11.7 Å². The van der Waals surface area contributed by atoms with Crippen molar-refractivity contribution in [2.45, 2.75) is 32.2 Å².